The highest BCUT2D eigenvalue weighted by Crippen LogP contribution is 2.13. The minimum Gasteiger partial charge on any atom is -0.481 e. The molecule has 0 aliphatic carbocycles. The molecule has 0 atom stereocenters. The van der Waals surface area contributed by atoms with Gasteiger partial charge in [-0.25, -0.2) is 4.68 Å². The fraction of sp³-hybridized carbons (Fsp3) is 0.154. The van der Waals surface area contributed by atoms with Crippen molar-refractivity contribution in [3.8, 4) is 11.3 Å². The summed E-state index contributed by atoms with van der Waals surface area (Å²) < 4.78 is 1.18. The van der Waals surface area contributed by atoms with E-state index < -0.39 is 5.97 Å². The van der Waals surface area contributed by atoms with Crippen molar-refractivity contribution in [1.29, 1.82) is 0 Å². The number of nitrogens with zero attached hydrogens (tertiary/aromatic N) is 2. The predicted octanol–water partition coefficient (Wildman–Crippen LogP) is 1.39. The van der Waals surface area contributed by atoms with Crippen LogP contribution in [0.15, 0.2) is 47.3 Å². The summed E-state index contributed by atoms with van der Waals surface area (Å²) in [5.74, 6) is -0.950. The molecule has 0 aliphatic rings. The summed E-state index contributed by atoms with van der Waals surface area (Å²) in [5.41, 5.74) is 1.25. The lowest BCUT2D eigenvalue weighted by Crippen LogP contribution is -2.23. The molecule has 2 rings (SSSR count). The summed E-state index contributed by atoms with van der Waals surface area (Å²) in [6, 6.07) is 12.5. The molecular weight excluding hydrogens is 232 g/mol. The van der Waals surface area contributed by atoms with Crippen LogP contribution in [0.4, 0.5) is 0 Å². The van der Waals surface area contributed by atoms with Gasteiger partial charge < -0.3 is 5.11 Å². The van der Waals surface area contributed by atoms with Crippen LogP contribution >= 0.6 is 0 Å². The Kier molecular flexibility index (Phi) is 3.52. The minimum absolute atomic E-state index is 0.0782. The van der Waals surface area contributed by atoms with E-state index in [0.29, 0.717) is 5.69 Å². The van der Waals surface area contributed by atoms with Gasteiger partial charge in [0.1, 0.15) is 0 Å². The van der Waals surface area contributed by atoms with Gasteiger partial charge in [-0.1, -0.05) is 30.3 Å². The SMILES string of the molecule is O=C(O)CCn1nc(-c2ccccc2)ccc1=O. The second kappa shape index (κ2) is 5.27. The quantitative estimate of drug-likeness (QED) is 0.882. The third-order valence-electron chi connectivity index (χ3n) is 2.47. The van der Waals surface area contributed by atoms with Crippen molar-refractivity contribution in [2.45, 2.75) is 13.0 Å². The van der Waals surface area contributed by atoms with Crippen molar-refractivity contribution >= 4 is 5.97 Å². The number of carbonyl (C=O) groups is 1. The normalized spacial score (nSPS) is 10.2. The molecule has 2 aromatic rings. The number of hydrogen-bond acceptors (Lipinski definition) is 3. The lowest BCUT2D eigenvalue weighted by molar-refractivity contribution is -0.137. The molecule has 0 saturated heterocycles. The molecule has 0 saturated carbocycles. The molecule has 0 radical (unpaired) electrons. The smallest absolute Gasteiger partial charge is 0.305 e. The predicted molar refractivity (Wildman–Crippen MR) is 66.2 cm³/mol. The van der Waals surface area contributed by atoms with E-state index in [2.05, 4.69) is 5.10 Å². The molecule has 1 aromatic heterocycles. The van der Waals surface area contributed by atoms with Crippen molar-refractivity contribution in [3.05, 3.63) is 52.8 Å². The van der Waals surface area contributed by atoms with Gasteiger partial charge >= 0.3 is 5.97 Å². The van der Waals surface area contributed by atoms with Crippen LogP contribution in [0.2, 0.25) is 0 Å². The van der Waals surface area contributed by atoms with E-state index in [1.807, 2.05) is 30.3 Å². The number of rotatable bonds is 4. The molecule has 1 aromatic carbocycles. The van der Waals surface area contributed by atoms with Gasteiger partial charge in [-0.15, -0.1) is 0 Å². The van der Waals surface area contributed by atoms with Crippen molar-refractivity contribution in [3.63, 3.8) is 0 Å². The van der Waals surface area contributed by atoms with Crippen LogP contribution in [0.3, 0.4) is 0 Å². The molecule has 0 spiro atoms. The first kappa shape index (κ1) is 12.0. The maximum Gasteiger partial charge on any atom is 0.305 e. The number of aryl methyl sites for hydroxylation is 1. The Morgan fingerprint density at radius 1 is 1.17 bits per heavy atom. The van der Waals surface area contributed by atoms with Gasteiger partial charge in [0.05, 0.1) is 18.7 Å². The van der Waals surface area contributed by atoms with Gasteiger partial charge in [0, 0.05) is 11.6 Å². The Morgan fingerprint density at radius 2 is 1.89 bits per heavy atom. The Labute approximate surface area is 103 Å². The molecule has 1 N–H and O–H groups in total. The van der Waals surface area contributed by atoms with Crippen LogP contribution in [0.5, 0.6) is 0 Å². The highest BCUT2D eigenvalue weighted by molar-refractivity contribution is 5.66. The molecular formula is C13H12N2O3. The molecule has 0 bridgehead atoms. The van der Waals surface area contributed by atoms with Crippen molar-refractivity contribution in [2.24, 2.45) is 0 Å². The molecule has 0 amide bonds. The van der Waals surface area contributed by atoms with Crippen molar-refractivity contribution < 1.29 is 9.90 Å². The number of hydrogen-bond donors (Lipinski definition) is 1. The maximum absolute atomic E-state index is 11.5. The van der Waals surface area contributed by atoms with E-state index in [-0.39, 0.29) is 18.5 Å². The summed E-state index contributed by atoms with van der Waals surface area (Å²) in [6.07, 6.45) is -0.120. The number of carboxylic acids is 1. The number of carboxylic acid groups (broad SMARTS) is 1. The highest BCUT2D eigenvalue weighted by Gasteiger charge is 2.04. The second-order valence-corrected chi connectivity index (χ2v) is 3.79. The largest absolute Gasteiger partial charge is 0.481 e. The third-order valence-corrected chi connectivity index (χ3v) is 2.47. The molecule has 0 aliphatic heterocycles. The van der Waals surface area contributed by atoms with Gasteiger partial charge in [0.2, 0.25) is 0 Å². The maximum atomic E-state index is 11.5. The van der Waals surface area contributed by atoms with Gasteiger partial charge in [-0.05, 0) is 6.07 Å². The number of aliphatic carboxylic acids is 1. The van der Waals surface area contributed by atoms with Crippen LogP contribution in [0, 0.1) is 0 Å². The van der Waals surface area contributed by atoms with E-state index in [9.17, 15) is 9.59 Å². The fourth-order valence-electron chi connectivity index (χ4n) is 1.57. The van der Waals surface area contributed by atoms with Crippen LogP contribution < -0.4 is 5.56 Å². The Bertz CT molecular complexity index is 605. The van der Waals surface area contributed by atoms with E-state index in [1.54, 1.807) is 6.07 Å². The van der Waals surface area contributed by atoms with Gasteiger partial charge in [-0.2, -0.15) is 5.10 Å². The van der Waals surface area contributed by atoms with E-state index in [4.69, 9.17) is 5.11 Å². The highest BCUT2D eigenvalue weighted by atomic mass is 16.4. The first-order chi connectivity index (χ1) is 8.66. The first-order valence-corrected chi connectivity index (χ1v) is 5.52. The van der Waals surface area contributed by atoms with E-state index >= 15 is 0 Å². The number of aromatic nitrogens is 2. The van der Waals surface area contributed by atoms with Crippen LogP contribution in [-0.2, 0) is 11.3 Å². The molecule has 1 heterocycles. The third kappa shape index (κ3) is 2.82. The van der Waals surface area contributed by atoms with Crippen LogP contribution in [-0.4, -0.2) is 20.9 Å². The zero-order chi connectivity index (χ0) is 13.0. The molecule has 92 valence electrons. The molecule has 0 unspecified atom stereocenters. The molecule has 0 fully saturated rings. The summed E-state index contributed by atoms with van der Waals surface area (Å²) >= 11 is 0. The van der Waals surface area contributed by atoms with E-state index in [1.165, 1.54) is 10.7 Å². The van der Waals surface area contributed by atoms with Crippen LogP contribution in [0.1, 0.15) is 6.42 Å². The lowest BCUT2D eigenvalue weighted by Gasteiger charge is -2.05. The monoisotopic (exact) mass is 244 g/mol. The summed E-state index contributed by atoms with van der Waals surface area (Å²) in [4.78, 5) is 22.0. The summed E-state index contributed by atoms with van der Waals surface area (Å²) in [7, 11) is 0. The Balaban J connectivity index is 2.32. The minimum atomic E-state index is -0.950. The second-order valence-electron chi connectivity index (χ2n) is 3.79. The summed E-state index contributed by atoms with van der Waals surface area (Å²) in [6.45, 7) is 0.0782. The van der Waals surface area contributed by atoms with Gasteiger partial charge in [0.15, 0.2) is 0 Å². The average molecular weight is 244 g/mol. The van der Waals surface area contributed by atoms with Gasteiger partial charge in [0.25, 0.3) is 5.56 Å². The Hall–Kier alpha value is -2.43. The van der Waals surface area contributed by atoms with E-state index in [0.717, 1.165) is 5.56 Å². The summed E-state index contributed by atoms with van der Waals surface area (Å²) in [5, 5.41) is 12.8. The van der Waals surface area contributed by atoms with Crippen LogP contribution in [0.25, 0.3) is 11.3 Å². The topological polar surface area (TPSA) is 72.2 Å². The molecule has 5 heteroatoms. The zero-order valence-corrected chi connectivity index (χ0v) is 9.61. The zero-order valence-electron chi connectivity index (χ0n) is 9.61. The standard InChI is InChI=1S/C13H12N2O3/c16-12-7-6-11(10-4-2-1-3-5-10)14-15(12)9-8-13(17)18/h1-7H,8-9H2,(H,17,18). The fourth-order valence-corrected chi connectivity index (χ4v) is 1.57. The Morgan fingerprint density at radius 3 is 2.56 bits per heavy atom. The van der Waals surface area contributed by atoms with Crippen molar-refractivity contribution in [1.82, 2.24) is 9.78 Å². The molecule has 18 heavy (non-hydrogen) atoms. The van der Waals surface area contributed by atoms with Gasteiger partial charge in [-0.3, -0.25) is 9.59 Å². The van der Waals surface area contributed by atoms with Crippen molar-refractivity contribution in [2.75, 3.05) is 0 Å². The number of benzene rings is 1. The molecule has 5 nitrogen and oxygen atoms in total. The average Bonchev–Trinajstić information content (AvgIpc) is 2.38. The lowest BCUT2D eigenvalue weighted by atomic mass is 10.1. The first-order valence-electron chi connectivity index (χ1n) is 5.52.